The summed E-state index contributed by atoms with van der Waals surface area (Å²) in [7, 11) is -2.37. The van der Waals surface area contributed by atoms with Crippen molar-refractivity contribution in [3.8, 4) is 28.3 Å². The third kappa shape index (κ3) is 6.59. The van der Waals surface area contributed by atoms with Gasteiger partial charge in [-0.15, -0.1) is 0 Å². The zero-order chi connectivity index (χ0) is 24.9. The van der Waals surface area contributed by atoms with Crippen molar-refractivity contribution < 1.29 is 22.8 Å². The number of ether oxygens (including phenoxy) is 1. The van der Waals surface area contributed by atoms with E-state index in [1.807, 2.05) is 13.0 Å². The van der Waals surface area contributed by atoms with Crippen LogP contribution in [0.4, 0.5) is 0 Å². The van der Waals surface area contributed by atoms with Gasteiger partial charge in [0.15, 0.2) is 10.1 Å². The Bertz CT molecular complexity index is 1310. The maximum atomic E-state index is 11.6. The van der Waals surface area contributed by atoms with E-state index in [2.05, 4.69) is 4.98 Å². The van der Waals surface area contributed by atoms with Gasteiger partial charge in [-0.3, -0.25) is 5.21 Å². The number of benzene rings is 2. The molecule has 12 heteroatoms. The molecule has 8 nitrogen and oxygen atoms in total. The highest BCUT2D eigenvalue weighted by Gasteiger charge is 2.18. The SMILES string of the molecule is CCOc1ccc(-c2nc(C=CCSC(=S)N(C)O)oc2-c2ccc(S(N)(=O)=O)cc2)cc1Cl. The summed E-state index contributed by atoms with van der Waals surface area (Å²) in [6.45, 7) is 2.35. The molecule has 0 fully saturated rings. The summed E-state index contributed by atoms with van der Waals surface area (Å²) in [6.07, 6.45) is 3.49. The van der Waals surface area contributed by atoms with Crippen LogP contribution in [-0.2, 0) is 10.0 Å². The second-order valence-corrected chi connectivity index (χ2v) is 10.5. The summed E-state index contributed by atoms with van der Waals surface area (Å²) in [5, 5.41) is 15.8. The van der Waals surface area contributed by atoms with Gasteiger partial charge in [0.25, 0.3) is 0 Å². The summed E-state index contributed by atoms with van der Waals surface area (Å²) >= 11 is 12.7. The number of halogens is 1. The number of hydrogen-bond donors (Lipinski definition) is 2. The number of aromatic nitrogens is 1. The zero-order valence-electron chi connectivity index (χ0n) is 18.3. The van der Waals surface area contributed by atoms with Gasteiger partial charge in [-0.25, -0.2) is 23.6 Å². The Morgan fingerprint density at radius 3 is 2.56 bits per heavy atom. The number of oxazole rings is 1. The Hall–Kier alpha value is -2.41. The molecular formula is C22H22ClN3O5S3. The minimum absolute atomic E-state index is 0.0107. The van der Waals surface area contributed by atoms with Crippen LogP contribution < -0.4 is 9.88 Å². The van der Waals surface area contributed by atoms with E-state index < -0.39 is 10.0 Å². The van der Waals surface area contributed by atoms with Crippen molar-refractivity contribution >= 4 is 56.0 Å². The molecule has 34 heavy (non-hydrogen) atoms. The molecule has 180 valence electrons. The van der Waals surface area contributed by atoms with Gasteiger partial charge in [-0.2, -0.15) is 0 Å². The molecule has 3 N–H and O–H groups in total. The third-order valence-corrected chi connectivity index (χ3v) is 7.13. The molecule has 0 aliphatic heterocycles. The number of primary sulfonamides is 1. The molecule has 0 atom stereocenters. The highest BCUT2D eigenvalue weighted by molar-refractivity contribution is 8.22. The number of thioether (sulfide) groups is 1. The Morgan fingerprint density at radius 2 is 1.97 bits per heavy atom. The van der Waals surface area contributed by atoms with E-state index >= 15 is 0 Å². The van der Waals surface area contributed by atoms with Crippen LogP contribution in [0, 0.1) is 0 Å². The van der Waals surface area contributed by atoms with E-state index in [1.165, 1.54) is 30.9 Å². The fourth-order valence-corrected chi connectivity index (χ4v) is 4.35. The van der Waals surface area contributed by atoms with Crippen molar-refractivity contribution in [3.63, 3.8) is 0 Å². The van der Waals surface area contributed by atoms with Gasteiger partial charge in [0, 0.05) is 23.9 Å². The zero-order valence-corrected chi connectivity index (χ0v) is 21.5. The fraction of sp³-hybridized carbons (Fsp3) is 0.182. The monoisotopic (exact) mass is 539 g/mol. The summed E-state index contributed by atoms with van der Waals surface area (Å²) in [6, 6.07) is 11.3. The molecule has 0 saturated heterocycles. The Balaban J connectivity index is 1.99. The first-order valence-corrected chi connectivity index (χ1v) is 13.2. The van der Waals surface area contributed by atoms with Crippen LogP contribution in [0.5, 0.6) is 5.75 Å². The van der Waals surface area contributed by atoms with Gasteiger partial charge in [-0.1, -0.05) is 41.7 Å². The molecule has 0 bridgehead atoms. The highest BCUT2D eigenvalue weighted by atomic mass is 35.5. The van der Waals surface area contributed by atoms with Crippen LogP contribution in [0.25, 0.3) is 28.7 Å². The minimum Gasteiger partial charge on any atom is -0.492 e. The van der Waals surface area contributed by atoms with Gasteiger partial charge in [0.1, 0.15) is 11.4 Å². The molecular weight excluding hydrogens is 518 g/mol. The standard InChI is InChI=1S/C22H22ClN3O5S3/c1-3-30-18-11-8-15(13-17(18)23)20-21(14-6-9-16(10-7-14)34(24,28)29)31-19(25-20)5-4-12-33-22(32)26(2)27/h4-11,13,27H,3,12H2,1-2H3,(H2,24,28,29). The number of sulfonamides is 1. The van der Waals surface area contributed by atoms with Crippen LogP contribution in [0.15, 0.2) is 57.9 Å². The lowest BCUT2D eigenvalue weighted by Crippen LogP contribution is -2.17. The highest BCUT2D eigenvalue weighted by Crippen LogP contribution is 2.37. The lowest BCUT2D eigenvalue weighted by molar-refractivity contribution is 0.0205. The Kier molecular flexibility index (Phi) is 8.74. The number of rotatable bonds is 8. The van der Waals surface area contributed by atoms with Crippen LogP contribution in [0.1, 0.15) is 12.8 Å². The number of nitrogens with two attached hydrogens (primary N) is 1. The quantitative estimate of drug-likeness (QED) is 0.299. The van der Waals surface area contributed by atoms with E-state index in [0.717, 1.165) is 5.06 Å². The molecule has 0 aliphatic rings. The van der Waals surface area contributed by atoms with Crippen molar-refractivity contribution in [1.29, 1.82) is 0 Å². The van der Waals surface area contributed by atoms with Gasteiger partial charge >= 0.3 is 0 Å². The summed E-state index contributed by atoms with van der Waals surface area (Å²) in [4.78, 5) is 4.59. The Labute approximate surface area is 212 Å². The molecule has 0 spiro atoms. The second kappa shape index (κ2) is 11.3. The van der Waals surface area contributed by atoms with Crippen LogP contribution in [-0.4, -0.2) is 47.4 Å². The maximum absolute atomic E-state index is 11.6. The van der Waals surface area contributed by atoms with E-state index in [1.54, 1.807) is 36.4 Å². The van der Waals surface area contributed by atoms with E-state index in [9.17, 15) is 13.6 Å². The largest absolute Gasteiger partial charge is 0.492 e. The topological polar surface area (TPSA) is 119 Å². The molecule has 1 heterocycles. The molecule has 0 saturated carbocycles. The predicted molar refractivity (Wildman–Crippen MR) is 139 cm³/mol. The molecule has 0 unspecified atom stereocenters. The number of nitrogens with zero attached hydrogens (tertiary/aromatic N) is 2. The molecule has 2 aromatic carbocycles. The Morgan fingerprint density at radius 1 is 1.29 bits per heavy atom. The van der Waals surface area contributed by atoms with Gasteiger partial charge in [0.2, 0.25) is 15.9 Å². The smallest absolute Gasteiger partial charge is 0.238 e. The van der Waals surface area contributed by atoms with E-state index in [-0.39, 0.29) is 4.90 Å². The number of hydrogen-bond acceptors (Lipinski definition) is 8. The first-order chi connectivity index (χ1) is 16.1. The van der Waals surface area contributed by atoms with Crippen molar-refractivity contribution in [1.82, 2.24) is 10.0 Å². The van der Waals surface area contributed by atoms with Crippen molar-refractivity contribution in [2.24, 2.45) is 5.14 Å². The molecule has 3 rings (SSSR count). The minimum atomic E-state index is -3.83. The van der Waals surface area contributed by atoms with Crippen LogP contribution in [0.3, 0.4) is 0 Å². The van der Waals surface area contributed by atoms with Crippen molar-refractivity contribution in [2.75, 3.05) is 19.4 Å². The maximum Gasteiger partial charge on any atom is 0.238 e. The van der Waals surface area contributed by atoms with Gasteiger partial charge < -0.3 is 9.15 Å². The third-order valence-electron chi connectivity index (χ3n) is 4.42. The molecule has 0 amide bonds. The van der Waals surface area contributed by atoms with Crippen LogP contribution >= 0.6 is 35.6 Å². The average Bonchev–Trinajstić information content (AvgIpc) is 3.21. The summed E-state index contributed by atoms with van der Waals surface area (Å²) in [5.74, 6) is 1.81. The lowest BCUT2D eigenvalue weighted by atomic mass is 10.1. The van der Waals surface area contributed by atoms with Crippen molar-refractivity contribution in [2.45, 2.75) is 11.8 Å². The summed E-state index contributed by atoms with van der Waals surface area (Å²) in [5.41, 5.74) is 1.82. The normalized spacial score (nSPS) is 11.7. The van der Waals surface area contributed by atoms with Gasteiger partial charge in [0.05, 0.1) is 16.5 Å². The van der Waals surface area contributed by atoms with E-state index in [4.69, 9.17) is 38.1 Å². The average molecular weight is 540 g/mol. The molecule has 1 aromatic heterocycles. The lowest BCUT2D eigenvalue weighted by Gasteiger charge is -2.08. The molecule has 0 aliphatic carbocycles. The van der Waals surface area contributed by atoms with Gasteiger partial charge in [-0.05, 0) is 55.5 Å². The number of thiocarbonyl (C=S) groups is 1. The first-order valence-electron chi connectivity index (χ1n) is 9.92. The summed E-state index contributed by atoms with van der Waals surface area (Å²) < 4.78 is 35.1. The number of hydroxylamine groups is 2. The second-order valence-electron chi connectivity index (χ2n) is 6.88. The first kappa shape index (κ1) is 26.2. The van der Waals surface area contributed by atoms with Crippen LogP contribution in [0.2, 0.25) is 5.02 Å². The van der Waals surface area contributed by atoms with Crippen molar-refractivity contribution in [3.05, 3.63) is 59.5 Å². The molecule has 0 radical (unpaired) electrons. The van der Waals surface area contributed by atoms with E-state index in [0.29, 0.717) is 55.9 Å². The molecule has 3 aromatic rings. The fourth-order valence-electron chi connectivity index (χ4n) is 2.88. The predicted octanol–water partition coefficient (Wildman–Crippen LogP) is 5.06.